The van der Waals surface area contributed by atoms with Gasteiger partial charge in [-0.15, -0.1) is 11.8 Å². The Balaban J connectivity index is 1.50. The molecular formula is C28H22Cl2N2O3S. The van der Waals surface area contributed by atoms with E-state index in [9.17, 15) is 9.59 Å². The summed E-state index contributed by atoms with van der Waals surface area (Å²) in [6.07, 6.45) is 0. The van der Waals surface area contributed by atoms with Crippen molar-refractivity contribution in [3.8, 4) is 5.75 Å². The number of benzene rings is 4. The average molecular weight is 537 g/mol. The molecule has 1 unspecified atom stereocenters. The van der Waals surface area contributed by atoms with Crippen LogP contribution in [0.4, 0.5) is 11.4 Å². The summed E-state index contributed by atoms with van der Waals surface area (Å²) in [5, 5.41) is 5.88. The molecule has 0 heterocycles. The number of carbonyl (C=O) groups is 2. The third kappa shape index (κ3) is 6.40. The predicted octanol–water partition coefficient (Wildman–Crippen LogP) is 7.73. The summed E-state index contributed by atoms with van der Waals surface area (Å²) in [5.41, 5.74) is 2.42. The lowest BCUT2D eigenvalue weighted by atomic mass is 10.1. The van der Waals surface area contributed by atoms with E-state index >= 15 is 0 Å². The Bertz CT molecular complexity index is 1370. The van der Waals surface area contributed by atoms with Crippen LogP contribution in [0.15, 0.2) is 102 Å². The first-order chi connectivity index (χ1) is 17.4. The second kappa shape index (κ2) is 12.0. The number of ether oxygens (including phenoxy) is 1. The van der Waals surface area contributed by atoms with E-state index in [1.165, 1.54) is 11.8 Å². The number of halogens is 2. The SMILES string of the molecule is COc1cccc(C(=O)Nc2ccc(SC(C(=O)Nc3cccc(Cl)c3Cl)c3ccccc3)cc2)c1. The van der Waals surface area contributed by atoms with Gasteiger partial charge in [0.25, 0.3) is 5.91 Å². The van der Waals surface area contributed by atoms with Crippen molar-refractivity contribution < 1.29 is 14.3 Å². The summed E-state index contributed by atoms with van der Waals surface area (Å²) in [5.74, 6) is 0.138. The maximum atomic E-state index is 13.3. The first-order valence-corrected chi connectivity index (χ1v) is 12.6. The molecule has 1 atom stereocenters. The highest BCUT2D eigenvalue weighted by atomic mass is 35.5. The van der Waals surface area contributed by atoms with E-state index in [4.69, 9.17) is 27.9 Å². The van der Waals surface area contributed by atoms with Gasteiger partial charge in [-0.2, -0.15) is 0 Å². The van der Waals surface area contributed by atoms with Gasteiger partial charge in [0.2, 0.25) is 5.91 Å². The third-order valence-corrected chi connectivity index (χ3v) is 7.33. The van der Waals surface area contributed by atoms with Crippen LogP contribution in [0.2, 0.25) is 10.0 Å². The van der Waals surface area contributed by atoms with Crippen LogP contribution in [0.1, 0.15) is 21.2 Å². The molecule has 0 aliphatic carbocycles. The second-order valence-corrected chi connectivity index (χ2v) is 9.67. The lowest BCUT2D eigenvalue weighted by molar-refractivity contribution is -0.115. The van der Waals surface area contributed by atoms with Crippen LogP contribution in [0, 0.1) is 0 Å². The Morgan fingerprint density at radius 2 is 1.56 bits per heavy atom. The minimum atomic E-state index is -0.543. The average Bonchev–Trinajstić information content (AvgIpc) is 2.91. The van der Waals surface area contributed by atoms with E-state index in [1.54, 1.807) is 61.7 Å². The number of hydrogen-bond donors (Lipinski definition) is 2. The van der Waals surface area contributed by atoms with Crippen LogP contribution < -0.4 is 15.4 Å². The Morgan fingerprint density at radius 3 is 2.28 bits per heavy atom. The highest BCUT2D eigenvalue weighted by Gasteiger charge is 2.23. The molecule has 2 amide bonds. The number of hydrogen-bond acceptors (Lipinski definition) is 4. The molecule has 0 aliphatic heterocycles. The summed E-state index contributed by atoms with van der Waals surface area (Å²) in [6.45, 7) is 0. The summed E-state index contributed by atoms with van der Waals surface area (Å²) in [4.78, 5) is 26.8. The fraction of sp³-hybridized carbons (Fsp3) is 0.0714. The predicted molar refractivity (Wildman–Crippen MR) is 148 cm³/mol. The van der Waals surface area contributed by atoms with Gasteiger partial charge < -0.3 is 15.4 Å². The quantitative estimate of drug-likeness (QED) is 0.226. The molecule has 4 rings (SSSR count). The fourth-order valence-corrected chi connectivity index (χ4v) is 4.79. The Morgan fingerprint density at radius 1 is 0.833 bits per heavy atom. The molecule has 0 saturated carbocycles. The fourth-order valence-electron chi connectivity index (χ4n) is 3.42. The highest BCUT2D eigenvalue weighted by Crippen LogP contribution is 2.38. The molecule has 4 aromatic rings. The van der Waals surface area contributed by atoms with Gasteiger partial charge in [-0.05, 0) is 60.2 Å². The molecule has 0 saturated heterocycles. The van der Waals surface area contributed by atoms with E-state index in [-0.39, 0.29) is 11.8 Å². The van der Waals surface area contributed by atoms with Crippen molar-refractivity contribution in [3.05, 3.63) is 118 Å². The van der Waals surface area contributed by atoms with E-state index in [2.05, 4.69) is 10.6 Å². The number of anilines is 2. The lowest BCUT2D eigenvalue weighted by Crippen LogP contribution is -2.19. The molecule has 4 aromatic carbocycles. The van der Waals surface area contributed by atoms with E-state index < -0.39 is 5.25 Å². The van der Waals surface area contributed by atoms with Crippen LogP contribution in [-0.4, -0.2) is 18.9 Å². The smallest absolute Gasteiger partial charge is 0.255 e. The van der Waals surface area contributed by atoms with Crippen molar-refractivity contribution in [1.82, 2.24) is 0 Å². The monoisotopic (exact) mass is 536 g/mol. The normalized spacial score (nSPS) is 11.4. The Kier molecular flexibility index (Phi) is 8.54. The molecule has 2 N–H and O–H groups in total. The Labute approximate surface area is 223 Å². The van der Waals surface area contributed by atoms with Crippen LogP contribution >= 0.6 is 35.0 Å². The number of methoxy groups -OCH3 is 1. The molecule has 0 bridgehead atoms. The molecule has 8 heteroatoms. The van der Waals surface area contributed by atoms with Crippen molar-refractivity contribution in [2.24, 2.45) is 0 Å². The van der Waals surface area contributed by atoms with E-state index in [0.717, 1.165) is 10.5 Å². The number of rotatable bonds is 8. The minimum Gasteiger partial charge on any atom is -0.497 e. The lowest BCUT2D eigenvalue weighted by Gasteiger charge is -2.18. The van der Waals surface area contributed by atoms with Gasteiger partial charge in [-0.25, -0.2) is 0 Å². The topological polar surface area (TPSA) is 67.4 Å². The van der Waals surface area contributed by atoms with Crippen LogP contribution in [0.25, 0.3) is 0 Å². The first-order valence-electron chi connectivity index (χ1n) is 11.0. The standard InChI is InChI=1S/C28H22Cl2N2O3S/c1-35-21-10-5-9-19(17-21)27(33)31-20-13-15-22(16-14-20)36-26(18-7-3-2-4-8-18)28(34)32-24-12-6-11-23(29)25(24)30/h2-17,26H,1H3,(H,31,33)(H,32,34). The summed E-state index contributed by atoms with van der Waals surface area (Å²) in [6, 6.07) is 28.8. The second-order valence-electron chi connectivity index (χ2n) is 7.71. The highest BCUT2D eigenvalue weighted by molar-refractivity contribution is 8.00. The van der Waals surface area contributed by atoms with Gasteiger partial charge in [-0.1, -0.05) is 65.7 Å². The third-order valence-electron chi connectivity index (χ3n) is 5.25. The van der Waals surface area contributed by atoms with Crippen molar-refractivity contribution >= 4 is 58.2 Å². The van der Waals surface area contributed by atoms with Crippen molar-refractivity contribution in [1.29, 1.82) is 0 Å². The zero-order valence-electron chi connectivity index (χ0n) is 19.2. The Hall–Kier alpha value is -3.45. The number of amides is 2. The van der Waals surface area contributed by atoms with Crippen LogP contribution in [-0.2, 0) is 4.79 Å². The minimum absolute atomic E-state index is 0.231. The number of nitrogens with one attached hydrogen (secondary N) is 2. The first kappa shape index (κ1) is 25.6. The molecule has 0 spiro atoms. The van der Waals surface area contributed by atoms with Crippen LogP contribution in [0.3, 0.4) is 0 Å². The summed E-state index contributed by atoms with van der Waals surface area (Å²) in [7, 11) is 1.56. The van der Waals surface area contributed by atoms with Gasteiger partial charge >= 0.3 is 0 Å². The van der Waals surface area contributed by atoms with E-state index in [1.807, 2.05) is 42.5 Å². The molecule has 5 nitrogen and oxygen atoms in total. The molecule has 182 valence electrons. The summed E-state index contributed by atoms with van der Waals surface area (Å²) >= 11 is 13.8. The molecule has 36 heavy (non-hydrogen) atoms. The summed E-state index contributed by atoms with van der Waals surface area (Å²) < 4.78 is 5.18. The zero-order chi connectivity index (χ0) is 25.5. The van der Waals surface area contributed by atoms with Gasteiger partial charge in [0, 0.05) is 16.1 Å². The largest absolute Gasteiger partial charge is 0.497 e. The van der Waals surface area contributed by atoms with Gasteiger partial charge in [0.15, 0.2) is 0 Å². The van der Waals surface area contributed by atoms with Gasteiger partial charge in [-0.3, -0.25) is 9.59 Å². The van der Waals surface area contributed by atoms with Crippen molar-refractivity contribution in [3.63, 3.8) is 0 Å². The number of carbonyl (C=O) groups excluding carboxylic acids is 2. The van der Waals surface area contributed by atoms with Gasteiger partial charge in [0.1, 0.15) is 11.0 Å². The van der Waals surface area contributed by atoms with Gasteiger partial charge in [0.05, 0.1) is 22.8 Å². The maximum Gasteiger partial charge on any atom is 0.255 e. The molecular weight excluding hydrogens is 515 g/mol. The molecule has 0 aromatic heterocycles. The van der Waals surface area contributed by atoms with Crippen LogP contribution in [0.5, 0.6) is 5.75 Å². The molecule has 0 aliphatic rings. The molecule has 0 fully saturated rings. The zero-order valence-corrected chi connectivity index (χ0v) is 21.5. The van der Waals surface area contributed by atoms with Crippen molar-refractivity contribution in [2.75, 3.05) is 17.7 Å². The van der Waals surface area contributed by atoms with Crippen molar-refractivity contribution in [2.45, 2.75) is 10.1 Å². The maximum absolute atomic E-state index is 13.3. The molecule has 0 radical (unpaired) electrons. The number of thioether (sulfide) groups is 1. The van der Waals surface area contributed by atoms with E-state index in [0.29, 0.717) is 32.7 Å².